The van der Waals surface area contributed by atoms with Gasteiger partial charge in [-0.3, -0.25) is 0 Å². The molecule has 0 nitrogen and oxygen atoms in total. The topological polar surface area (TPSA) is 0 Å². The van der Waals surface area contributed by atoms with Gasteiger partial charge in [0, 0.05) is 0 Å². The van der Waals surface area contributed by atoms with Gasteiger partial charge in [-0.15, -0.1) is 0 Å². The second-order valence-electron chi connectivity index (χ2n) is 8.66. The van der Waals surface area contributed by atoms with Gasteiger partial charge in [-0.2, -0.15) is 0 Å². The van der Waals surface area contributed by atoms with Crippen molar-refractivity contribution in [1.82, 2.24) is 0 Å². The monoisotopic (exact) mass is 217 g/mol. The van der Waals surface area contributed by atoms with E-state index in [2.05, 4.69) is 23.9 Å². The first-order chi connectivity index (χ1) is 2.45. The van der Waals surface area contributed by atoms with Crippen LogP contribution in [-0.2, 0) is 0 Å². The average Bonchev–Trinajstić information content (AvgIpc) is 0.592. The van der Waals surface area contributed by atoms with Crippen molar-refractivity contribution in [3.63, 3.8) is 0 Å². The molecule has 0 rings (SSSR count). The summed E-state index contributed by atoms with van der Waals surface area (Å²) < 4.78 is 14.7. The molecule has 0 aliphatic heterocycles. The molecule has 0 saturated heterocycles. The first-order valence-corrected chi connectivity index (χ1v) is 25.2. The van der Waals surface area contributed by atoms with Crippen LogP contribution in [0.5, 0.6) is 0 Å². The third-order valence-corrected chi connectivity index (χ3v) is 0. The van der Waals surface area contributed by atoms with E-state index in [1.807, 2.05) is 0 Å². The van der Waals surface area contributed by atoms with E-state index in [9.17, 15) is 0 Å². The molecule has 7 heavy (non-hydrogen) atoms. The summed E-state index contributed by atoms with van der Waals surface area (Å²) in [5, 5.41) is 0. The molecule has 0 heterocycles. The second-order valence-corrected chi connectivity index (χ2v) is 63.0. The van der Waals surface area contributed by atoms with Gasteiger partial charge in [-0.1, -0.05) is 0 Å². The van der Waals surface area contributed by atoms with Gasteiger partial charge < -0.3 is 0 Å². The molecule has 0 saturated carbocycles. The molecule has 7 heteroatoms. The van der Waals surface area contributed by atoms with Crippen molar-refractivity contribution in [2.75, 3.05) is 0 Å². The molecule has 0 bridgehead atoms. The van der Waals surface area contributed by atoms with Gasteiger partial charge in [0.25, 0.3) is 0 Å². The van der Waals surface area contributed by atoms with Crippen molar-refractivity contribution in [3.8, 4) is 0 Å². The molecule has 0 aliphatic carbocycles. The predicted molar refractivity (Wildman–Crippen MR) is 51.3 cm³/mol. The summed E-state index contributed by atoms with van der Waals surface area (Å²) in [6.45, 7) is 0. The number of hydrogen-bond acceptors (Lipinski definition) is 0. The predicted octanol–water partition coefficient (Wildman–Crippen LogP) is -5.50. The molecule has 0 radical (unpaired) electrons. The molecule has 0 aliphatic rings. The third kappa shape index (κ3) is 94.2. The van der Waals surface area contributed by atoms with Crippen LogP contribution in [-0.4, -0.2) is 23.9 Å². The molecular weight excluding hydrogens is 204 g/mol. The van der Waals surface area contributed by atoms with E-state index in [1.165, 1.54) is 0 Å². The maximum absolute atomic E-state index is 2.44. The zero-order chi connectivity index (χ0) is 6.41. The van der Waals surface area contributed by atoms with Crippen LogP contribution < -0.4 is 0 Å². The Labute approximate surface area is 46.0 Å². The van der Waals surface area contributed by atoms with Crippen LogP contribution in [0.15, 0.2) is 0 Å². The van der Waals surface area contributed by atoms with Crippen LogP contribution in [0.4, 0.5) is 0 Å². The van der Waals surface area contributed by atoms with E-state index in [-0.39, 0.29) is 0 Å². The van der Waals surface area contributed by atoms with Crippen LogP contribution in [0, 0.1) is 22.7 Å². The third-order valence-electron chi connectivity index (χ3n) is 0. The Hall–Kier alpha value is 1.58. The second kappa shape index (κ2) is 1.20. The summed E-state index contributed by atoms with van der Waals surface area (Å²) in [5.74, 6) is 0. The van der Waals surface area contributed by atoms with Gasteiger partial charge in [-0.05, 0) is 0 Å². The number of hydrogen-bond donors (Lipinski definition) is 0. The van der Waals surface area contributed by atoms with E-state index in [0.29, 0.717) is 0 Å². The Morgan fingerprint density at radius 2 is 0.571 bits per heavy atom. The molecule has 33 valence electrons. The van der Waals surface area contributed by atoms with Gasteiger partial charge in [0.15, 0.2) is 0 Å². The zero-order valence-corrected chi connectivity index (χ0v) is 10.2. The van der Waals surface area contributed by atoms with Gasteiger partial charge >= 0.3 is 46.6 Å². The Kier molecular flexibility index (Phi) is 1.47. The summed E-state index contributed by atoms with van der Waals surface area (Å²) in [6.07, 6.45) is 0. The van der Waals surface area contributed by atoms with Crippen LogP contribution in [0.1, 0.15) is 0 Å². The fourth-order valence-corrected chi connectivity index (χ4v) is 0. The minimum atomic E-state index is -2.44. The van der Waals surface area contributed by atoms with E-state index in [1.54, 1.807) is 0 Å². The zero-order valence-electron chi connectivity index (χ0n) is 6.58. The molecule has 0 atom stereocenters. The van der Waals surface area contributed by atoms with Gasteiger partial charge in [-0.25, -0.2) is 0 Å². The quantitative estimate of drug-likeness (QED) is 0.354. The van der Waals surface area contributed by atoms with Crippen LogP contribution >= 0.6 is 0 Å². The molecular formula is H12B6La. The first-order valence-electron chi connectivity index (χ1n) is 3.46. The summed E-state index contributed by atoms with van der Waals surface area (Å²) in [5.41, 5.74) is 0. The van der Waals surface area contributed by atoms with E-state index >= 15 is 0 Å². The van der Waals surface area contributed by atoms with Crippen molar-refractivity contribution in [1.29, 1.82) is 0 Å². The van der Waals surface area contributed by atoms with Crippen LogP contribution in [0.25, 0.3) is 0 Å². The van der Waals surface area contributed by atoms with Gasteiger partial charge in [0.1, 0.15) is 0 Å². The minimum absolute atomic E-state index is 2.44. The summed E-state index contributed by atoms with van der Waals surface area (Å²) in [4.78, 5) is 0. The van der Waals surface area contributed by atoms with Crippen molar-refractivity contribution in [2.24, 2.45) is 0 Å². The fraction of sp³-hybridized carbons (Fsp3) is 0. The average molecular weight is 216 g/mol. The summed E-state index contributed by atoms with van der Waals surface area (Å²) >= 11 is -2.44. The van der Waals surface area contributed by atoms with E-state index in [0.717, 1.165) is 0 Å². The van der Waals surface area contributed by atoms with Crippen molar-refractivity contribution in [3.05, 3.63) is 0 Å². The van der Waals surface area contributed by atoms with Crippen LogP contribution in [0.3, 0.4) is 0 Å². The van der Waals surface area contributed by atoms with Crippen molar-refractivity contribution in [2.45, 2.75) is 0 Å². The molecule has 0 fully saturated rings. The Morgan fingerprint density at radius 1 is 0.571 bits per heavy atom. The summed E-state index contributed by atoms with van der Waals surface area (Å²) in [7, 11) is 0. The Bertz CT molecular complexity index is 62.7. The first kappa shape index (κ1) is 8.58. The SMILES string of the molecule is [BH2][La]([BH2])([BH2])([BH2])([BH2])[BH2]. The molecule has 0 aromatic rings. The molecule has 0 unspecified atom stereocenters. The molecule has 0 aromatic carbocycles. The van der Waals surface area contributed by atoms with Crippen LogP contribution in [0.2, 0.25) is 0 Å². The molecule has 0 spiro atoms. The maximum atomic E-state index is 2.44. The van der Waals surface area contributed by atoms with Crippen molar-refractivity contribution < 1.29 is 22.7 Å². The van der Waals surface area contributed by atoms with Gasteiger partial charge in [0.2, 0.25) is 0 Å². The number of rotatable bonds is 0. The normalized spacial score (nSPS) is 22.3. The van der Waals surface area contributed by atoms with Crippen molar-refractivity contribution >= 4 is 23.9 Å². The molecule has 0 N–H and O–H groups in total. The standard InChI is InChI=1S/6BH2.La/h6*1H2;/q6*+1;-6. The molecule has 0 amide bonds. The fourth-order valence-electron chi connectivity index (χ4n) is 0. The van der Waals surface area contributed by atoms with Gasteiger partial charge in [0.05, 0.1) is 0 Å². The van der Waals surface area contributed by atoms with E-state index < -0.39 is 22.7 Å². The Morgan fingerprint density at radius 3 is 0.571 bits per heavy atom. The molecule has 0 aromatic heterocycles. The summed E-state index contributed by atoms with van der Waals surface area (Å²) in [6, 6.07) is 0. The van der Waals surface area contributed by atoms with E-state index in [4.69, 9.17) is 0 Å². The Balaban J connectivity index is 4.43.